The van der Waals surface area contributed by atoms with E-state index in [2.05, 4.69) is 21.2 Å². The highest BCUT2D eigenvalue weighted by molar-refractivity contribution is 9.10. The van der Waals surface area contributed by atoms with E-state index in [-0.39, 0.29) is 23.9 Å². The second-order valence-electron chi connectivity index (χ2n) is 7.72. The van der Waals surface area contributed by atoms with Gasteiger partial charge in [-0.05, 0) is 61.2 Å². The first kappa shape index (κ1) is 24.2. The van der Waals surface area contributed by atoms with E-state index in [1.807, 2.05) is 63.2 Å². The number of nitrogens with zero attached hydrogens (tertiary/aromatic N) is 1. The van der Waals surface area contributed by atoms with E-state index in [9.17, 15) is 13.2 Å². The van der Waals surface area contributed by atoms with Crippen molar-refractivity contribution in [1.29, 1.82) is 0 Å². The summed E-state index contributed by atoms with van der Waals surface area (Å²) in [7, 11) is -3.89. The molecule has 0 aliphatic carbocycles. The fraction of sp³-hybridized carbons (Fsp3) is 0.240. The zero-order valence-electron chi connectivity index (χ0n) is 18.4. The average Bonchev–Trinajstić information content (AvgIpc) is 2.76. The molecule has 32 heavy (non-hydrogen) atoms. The van der Waals surface area contributed by atoms with Gasteiger partial charge in [-0.3, -0.25) is 4.79 Å². The van der Waals surface area contributed by atoms with Crippen LogP contribution in [0.2, 0.25) is 0 Å². The maximum Gasteiger partial charge on any atom is 0.243 e. The van der Waals surface area contributed by atoms with Crippen molar-refractivity contribution >= 4 is 37.5 Å². The van der Waals surface area contributed by atoms with Crippen molar-refractivity contribution in [2.24, 2.45) is 0 Å². The first-order chi connectivity index (χ1) is 15.2. The van der Waals surface area contributed by atoms with E-state index >= 15 is 0 Å². The molecule has 0 spiro atoms. The van der Waals surface area contributed by atoms with Crippen LogP contribution in [-0.4, -0.2) is 25.2 Å². The zero-order chi connectivity index (χ0) is 23.3. The molecule has 1 amide bonds. The molecule has 0 aliphatic rings. The fourth-order valence-corrected chi connectivity index (χ4v) is 5.07. The number of rotatable bonds is 8. The Bertz CT molecular complexity index is 1190. The predicted octanol–water partition coefficient (Wildman–Crippen LogP) is 5.46. The minimum absolute atomic E-state index is 0.0977. The molecule has 3 aromatic rings. The summed E-state index contributed by atoms with van der Waals surface area (Å²) in [6, 6.07) is 19.9. The van der Waals surface area contributed by atoms with Gasteiger partial charge in [-0.1, -0.05) is 70.9 Å². The number of nitrogens with one attached hydrogen (secondary N) is 1. The van der Waals surface area contributed by atoms with Gasteiger partial charge in [-0.15, -0.1) is 0 Å². The number of anilines is 1. The van der Waals surface area contributed by atoms with Gasteiger partial charge in [-0.25, -0.2) is 8.42 Å². The fourth-order valence-electron chi connectivity index (χ4n) is 3.42. The molecule has 3 aromatic carbocycles. The number of hydrogen-bond acceptors (Lipinski definition) is 3. The van der Waals surface area contributed by atoms with Crippen molar-refractivity contribution in [3.63, 3.8) is 0 Å². The summed E-state index contributed by atoms with van der Waals surface area (Å²) in [6.07, 6.45) is 0.765. The molecule has 168 valence electrons. The third kappa shape index (κ3) is 5.85. The number of sulfonamides is 1. The Morgan fingerprint density at radius 3 is 2.25 bits per heavy atom. The number of carbonyl (C=O) groups is 1. The van der Waals surface area contributed by atoms with E-state index in [1.165, 1.54) is 16.4 Å². The van der Waals surface area contributed by atoms with Crippen LogP contribution in [0.15, 0.2) is 76.1 Å². The Balaban J connectivity index is 1.91. The molecule has 0 radical (unpaired) electrons. The van der Waals surface area contributed by atoms with Crippen LogP contribution in [0.1, 0.15) is 29.2 Å². The van der Waals surface area contributed by atoms with Gasteiger partial charge in [0.05, 0.1) is 11.4 Å². The molecule has 0 aromatic heterocycles. The molecule has 7 heteroatoms. The van der Waals surface area contributed by atoms with Crippen molar-refractivity contribution in [2.45, 2.75) is 38.6 Å². The molecule has 0 bridgehead atoms. The third-order valence-electron chi connectivity index (χ3n) is 5.26. The molecule has 5 nitrogen and oxygen atoms in total. The van der Waals surface area contributed by atoms with Gasteiger partial charge in [0.2, 0.25) is 15.9 Å². The molecule has 0 atom stereocenters. The first-order valence-corrected chi connectivity index (χ1v) is 12.6. The average molecular weight is 515 g/mol. The number of halogens is 1. The standard InChI is InChI=1S/C25H27BrN2O3S/c1-4-21-7-5-6-19(3)25(21)27-24(29)17-28(16-20-10-8-18(2)9-11-20)32(30,31)23-14-12-22(26)13-15-23/h5-15H,4,16-17H2,1-3H3,(H,27,29). The smallest absolute Gasteiger partial charge is 0.243 e. The molecular formula is C25H27BrN2O3S. The third-order valence-corrected chi connectivity index (χ3v) is 7.59. The summed E-state index contributed by atoms with van der Waals surface area (Å²) in [6.45, 7) is 5.73. The highest BCUT2D eigenvalue weighted by Crippen LogP contribution is 2.23. The monoisotopic (exact) mass is 514 g/mol. The van der Waals surface area contributed by atoms with Gasteiger partial charge in [0.15, 0.2) is 0 Å². The molecule has 0 saturated carbocycles. The van der Waals surface area contributed by atoms with Gasteiger partial charge in [0.1, 0.15) is 0 Å². The zero-order valence-corrected chi connectivity index (χ0v) is 20.8. The Morgan fingerprint density at radius 2 is 1.62 bits per heavy atom. The van der Waals surface area contributed by atoms with Crippen LogP contribution in [0.4, 0.5) is 5.69 Å². The Morgan fingerprint density at radius 1 is 0.969 bits per heavy atom. The molecule has 3 rings (SSSR count). The summed E-state index contributed by atoms with van der Waals surface area (Å²) in [5, 5.41) is 2.94. The topological polar surface area (TPSA) is 66.5 Å². The lowest BCUT2D eigenvalue weighted by Gasteiger charge is -2.23. The minimum Gasteiger partial charge on any atom is -0.324 e. The minimum atomic E-state index is -3.89. The van der Waals surface area contributed by atoms with Crippen LogP contribution in [0, 0.1) is 13.8 Å². The number of benzene rings is 3. The summed E-state index contributed by atoms with van der Waals surface area (Å²) in [4.78, 5) is 13.1. The molecule has 0 heterocycles. The predicted molar refractivity (Wildman–Crippen MR) is 132 cm³/mol. The molecule has 0 aliphatic heterocycles. The van der Waals surface area contributed by atoms with Gasteiger partial charge >= 0.3 is 0 Å². The maximum absolute atomic E-state index is 13.4. The first-order valence-electron chi connectivity index (χ1n) is 10.4. The van der Waals surface area contributed by atoms with Crippen LogP contribution >= 0.6 is 15.9 Å². The Kier molecular flexibility index (Phi) is 7.87. The van der Waals surface area contributed by atoms with Crippen molar-refractivity contribution in [2.75, 3.05) is 11.9 Å². The lowest BCUT2D eigenvalue weighted by molar-refractivity contribution is -0.116. The van der Waals surface area contributed by atoms with E-state index in [4.69, 9.17) is 0 Å². The van der Waals surface area contributed by atoms with Crippen molar-refractivity contribution in [3.05, 3.63) is 93.5 Å². The highest BCUT2D eigenvalue weighted by atomic mass is 79.9. The lowest BCUT2D eigenvalue weighted by atomic mass is 10.1. The number of amides is 1. The lowest BCUT2D eigenvalue weighted by Crippen LogP contribution is -2.37. The van der Waals surface area contributed by atoms with Crippen LogP contribution in [-0.2, 0) is 27.8 Å². The molecule has 1 N–H and O–H groups in total. The van der Waals surface area contributed by atoms with Gasteiger partial charge in [0, 0.05) is 16.7 Å². The molecule has 0 fully saturated rings. The summed E-state index contributed by atoms with van der Waals surface area (Å²) < 4.78 is 28.9. The van der Waals surface area contributed by atoms with Crippen LogP contribution < -0.4 is 5.32 Å². The maximum atomic E-state index is 13.4. The van der Waals surface area contributed by atoms with E-state index in [1.54, 1.807) is 12.1 Å². The Labute approximate surface area is 198 Å². The van der Waals surface area contributed by atoms with Crippen molar-refractivity contribution in [1.82, 2.24) is 4.31 Å². The second-order valence-corrected chi connectivity index (χ2v) is 10.6. The highest BCUT2D eigenvalue weighted by Gasteiger charge is 2.27. The largest absolute Gasteiger partial charge is 0.324 e. The molecular weight excluding hydrogens is 488 g/mol. The SMILES string of the molecule is CCc1cccc(C)c1NC(=O)CN(Cc1ccc(C)cc1)S(=O)(=O)c1ccc(Br)cc1. The second kappa shape index (κ2) is 10.4. The van der Waals surface area contributed by atoms with E-state index in [0.29, 0.717) is 0 Å². The number of aryl methyl sites for hydroxylation is 3. The van der Waals surface area contributed by atoms with Crippen LogP contribution in [0.25, 0.3) is 0 Å². The Hall–Kier alpha value is -2.48. The van der Waals surface area contributed by atoms with Gasteiger partial charge in [-0.2, -0.15) is 4.31 Å². The summed E-state index contributed by atoms with van der Waals surface area (Å²) in [5.41, 5.74) is 4.60. The van der Waals surface area contributed by atoms with E-state index in [0.717, 1.165) is 38.8 Å². The van der Waals surface area contributed by atoms with Crippen LogP contribution in [0.5, 0.6) is 0 Å². The van der Waals surface area contributed by atoms with Crippen molar-refractivity contribution in [3.8, 4) is 0 Å². The summed E-state index contributed by atoms with van der Waals surface area (Å²) in [5.74, 6) is -0.373. The van der Waals surface area contributed by atoms with Gasteiger partial charge in [0.25, 0.3) is 0 Å². The number of hydrogen-bond donors (Lipinski definition) is 1. The molecule has 0 unspecified atom stereocenters. The molecule has 0 saturated heterocycles. The van der Waals surface area contributed by atoms with Crippen molar-refractivity contribution < 1.29 is 13.2 Å². The van der Waals surface area contributed by atoms with Crippen LogP contribution in [0.3, 0.4) is 0 Å². The normalized spacial score (nSPS) is 11.5. The van der Waals surface area contributed by atoms with E-state index < -0.39 is 10.0 Å². The summed E-state index contributed by atoms with van der Waals surface area (Å²) >= 11 is 3.33. The van der Waals surface area contributed by atoms with Gasteiger partial charge < -0.3 is 5.32 Å². The number of carbonyl (C=O) groups excluding carboxylic acids is 1. The number of para-hydroxylation sites is 1. The quantitative estimate of drug-likeness (QED) is 0.434.